The van der Waals surface area contributed by atoms with Crippen molar-refractivity contribution in [2.24, 2.45) is 17.8 Å². The van der Waals surface area contributed by atoms with E-state index in [0.29, 0.717) is 5.28 Å². The van der Waals surface area contributed by atoms with Crippen molar-refractivity contribution in [2.45, 2.75) is 74.6 Å². The summed E-state index contributed by atoms with van der Waals surface area (Å²) >= 11 is 0. The lowest BCUT2D eigenvalue weighted by Gasteiger charge is -2.60. The van der Waals surface area contributed by atoms with E-state index in [9.17, 15) is 0 Å². The van der Waals surface area contributed by atoms with Gasteiger partial charge in [0.15, 0.2) is 0 Å². The van der Waals surface area contributed by atoms with E-state index in [1.54, 1.807) is 38.5 Å². The van der Waals surface area contributed by atoms with Crippen molar-refractivity contribution in [1.29, 1.82) is 0 Å². The average Bonchev–Trinajstić information content (AvgIpc) is 2.55. The molecule has 6 rings (SSSR count). The molecule has 1 saturated heterocycles. The van der Waals surface area contributed by atoms with Crippen LogP contribution in [0.3, 0.4) is 0 Å². The summed E-state index contributed by atoms with van der Waals surface area (Å²) in [4.78, 5) is 2.90. The monoisotopic (exact) mass is 329 g/mol. The molecule has 1 nitrogen and oxygen atoms in total. The second-order valence-corrected chi connectivity index (χ2v) is 11.5. The zero-order valence-corrected chi connectivity index (χ0v) is 15.5. The third-order valence-corrected chi connectivity index (χ3v) is 9.75. The molecular weight excluding hydrogens is 297 g/mol. The third kappa shape index (κ3) is 2.67. The molecule has 0 aromatic heterocycles. The minimum absolute atomic E-state index is 0.390. The van der Waals surface area contributed by atoms with Gasteiger partial charge in [0.25, 0.3) is 0 Å². The van der Waals surface area contributed by atoms with Gasteiger partial charge in [-0.1, -0.05) is 39.3 Å². The lowest BCUT2D eigenvalue weighted by molar-refractivity contribution is 0.0341. The molecule has 0 N–H and O–H groups in total. The molecule has 6 aliphatic rings. The predicted octanol–water partition coefficient (Wildman–Crippen LogP) is 5.33. The number of piperidine rings is 1. The van der Waals surface area contributed by atoms with Crippen molar-refractivity contribution in [2.75, 3.05) is 13.1 Å². The molecule has 0 radical (unpaired) electrons. The third-order valence-electron chi connectivity index (χ3n) is 7.49. The summed E-state index contributed by atoms with van der Waals surface area (Å²) in [6.45, 7) is 2.69. The molecule has 1 heterocycles. The van der Waals surface area contributed by atoms with E-state index in [0.717, 1.165) is 31.5 Å². The SMILES string of the molecule is C1=CCC(PC23CC4CC(CC(C4)C2)C3)(N2CCCCC2)C=C1. The lowest BCUT2D eigenvalue weighted by Crippen LogP contribution is -2.54. The fourth-order valence-electron chi connectivity index (χ4n) is 7.03. The maximum atomic E-state index is 2.90. The van der Waals surface area contributed by atoms with Gasteiger partial charge in [-0.25, -0.2) is 0 Å². The van der Waals surface area contributed by atoms with Crippen molar-refractivity contribution in [1.82, 2.24) is 4.90 Å². The van der Waals surface area contributed by atoms with E-state index in [-0.39, 0.29) is 0 Å². The lowest BCUT2D eigenvalue weighted by atomic mass is 9.56. The molecular formula is C21H32NP. The number of allylic oxidation sites excluding steroid dienone is 2. The van der Waals surface area contributed by atoms with Crippen molar-refractivity contribution >= 4 is 8.58 Å². The van der Waals surface area contributed by atoms with Gasteiger partial charge >= 0.3 is 0 Å². The fraction of sp³-hybridized carbons (Fsp3) is 0.810. The molecule has 2 unspecified atom stereocenters. The first-order valence-electron chi connectivity index (χ1n) is 10.1. The van der Waals surface area contributed by atoms with E-state index in [4.69, 9.17) is 0 Å². The van der Waals surface area contributed by atoms with Crippen LogP contribution >= 0.6 is 8.58 Å². The molecule has 4 saturated carbocycles. The zero-order valence-electron chi connectivity index (χ0n) is 14.5. The van der Waals surface area contributed by atoms with E-state index < -0.39 is 0 Å². The molecule has 2 atom stereocenters. The predicted molar refractivity (Wildman–Crippen MR) is 100 cm³/mol. The Morgan fingerprint density at radius 1 is 0.826 bits per heavy atom. The van der Waals surface area contributed by atoms with Crippen LogP contribution < -0.4 is 0 Å². The molecule has 0 aromatic rings. The van der Waals surface area contributed by atoms with E-state index >= 15 is 0 Å². The summed E-state index contributed by atoms with van der Waals surface area (Å²) in [6, 6.07) is 0. The van der Waals surface area contributed by atoms with Gasteiger partial charge in [0.1, 0.15) is 0 Å². The zero-order chi connectivity index (χ0) is 15.3. The van der Waals surface area contributed by atoms with Crippen LogP contribution in [-0.2, 0) is 0 Å². The Labute approximate surface area is 143 Å². The van der Waals surface area contributed by atoms with Crippen molar-refractivity contribution < 1.29 is 0 Å². The topological polar surface area (TPSA) is 3.24 Å². The van der Waals surface area contributed by atoms with Gasteiger partial charge in [0.05, 0.1) is 5.28 Å². The minimum atomic E-state index is 0.390. The summed E-state index contributed by atoms with van der Waals surface area (Å²) in [7, 11) is 1.14. The van der Waals surface area contributed by atoms with Crippen molar-refractivity contribution in [3.8, 4) is 0 Å². The number of hydrogen-bond donors (Lipinski definition) is 0. The van der Waals surface area contributed by atoms with Crippen LogP contribution in [0.15, 0.2) is 24.3 Å². The van der Waals surface area contributed by atoms with Crippen molar-refractivity contribution in [3.63, 3.8) is 0 Å². The molecule has 4 bridgehead atoms. The van der Waals surface area contributed by atoms with Crippen LogP contribution in [0, 0.1) is 17.8 Å². The highest BCUT2D eigenvalue weighted by molar-refractivity contribution is 7.42. The second kappa shape index (κ2) is 5.70. The number of rotatable bonds is 3. The van der Waals surface area contributed by atoms with Crippen LogP contribution in [0.25, 0.3) is 0 Å². The number of likely N-dealkylation sites (tertiary alicyclic amines) is 1. The molecule has 5 fully saturated rings. The summed E-state index contributed by atoms with van der Waals surface area (Å²) < 4.78 is 0. The van der Waals surface area contributed by atoms with E-state index in [2.05, 4.69) is 29.2 Å². The first-order valence-corrected chi connectivity index (χ1v) is 11.1. The maximum absolute atomic E-state index is 2.90. The molecule has 23 heavy (non-hydrogen) atoms. The molecule has 0 amide bonds. The molecule has 126 valence electrons. The van der Waals surface area contributed by atoms with Crippen LogP contribution in [0.4, 0.5) is 0 Å². The fourth-order valence-corrected chi connectivity index (χ4v) is 9.90. The normalized spacial score (nSPS) is 49.5. The Morgan fingerprint density at radius 3 is 2.04 bits per heavy atom. The van der Waals surface area contributed by atoms with E-state index in [1.165, 1.54) is 38.8 Å². The Morgan fingerprint density at radius 2 is 1.48 bits per heavy atom. The highest BCUT2D eigenvalue weighted by atomic mass is 31.1. The van der Waals surface area contributed by atoms with Crippen LogP contribution in [0.2, 0.25) is 0 Å². The summed E-state index contributed by atoms with van der Waals surface area (Å²) in [5.74, 6) is 3.28. The largest absolute Gasteiger partial charge is 0.290 e. The summed E-state index contributed by atoms with van der Waals surface area (Å²) in [5, 5.41) is 1.11. The summed E-state index contributed by atoms with van der Waals surface area (Å²) in [5.41, 5.74) is 0. The van der Waals surface area contributed by atoms with Gasteiger partial charge < -0.3 is 0 Å². The van der Waals surface area contributed by atoms with Gasteiger partial charge in [0.2, 0.25) is 0 Å². The minimum Gasteiger partial charge on any atom is -0.290 e. The molecule has 1 aliphatic heterocycles. The Hall–Kier alpha value is -0.130. The van der Waals surface area contributed by atoms with Crippen LogP contribution in [0.1, 0.15) is 64.2 Å². The first-order chi connectivity index (χ1) is 11.3. The average molecular weight is 329 g/mol. The van der Waals surface area contributed by atoms with Crippen molar-refractivity contribution in [3.05, 3.63) is 24.3 Å². The second-order valence-electron chi connectivity index (χ2n) is 9.29. The van der Waals surface area contributed by atoms with Gasteiger partial charge in [-0.15, -0.1) is 0 Å². The van der Waals surface area contributed by atoms with Gasteiger partial charge in [-0.3, -0.25) is 4.90 Å². The quantitative estimate of drug-likeness (QED) is 0.632. The molecule has 2 heteroatoms. The summed E-state index contributed by atoms with van der Waals surface area (Å²) in [6.07, 6.45) is 24.8. The Bertz CT molecular complexity index is 481. The Balaban J connectivity index is 1.43. The van der Waals surface area contributed by atoms with Gasteiger partial charge in [-0.2, -0.15) is 0 Å². The smallest absolute Gasteiger partial charge is 0.0602 e. The maximum Gasteiger partial charge on any atom is 0.0602 e. The highest BCUT2D eigenvalue weighted by Gasteiger charge is 2.54. The number of hydrogen-bond acceptors (Lipinski definition) is 1. The van der Waals surface area contributed by atoms with E-state index in [1.807, 2.05) is 0 Å². The number of nitrogens with zero attached hydrogens (tertiary/aromatic N) is 1. The Kier molecular flexibility index (Phi) is 3.76. The standard InChI is InChI=1S/C21H32NP/c1-3-7-21(8-4-1,22-9-5-2-6-10-22)23-20-14-17-11-18(15-20)13-19(12-17)16-20/h1,3-4,7,17-19,23H,2,5-6,8-16H2. The first kappa shape index (κ1) is 15.2. The molecule has 0 spiro atoms. The molecule has 0 aromatic carbocycles. The molecule has 5 aliphatic carbocycles. The van der Waals surface area contributed by atoms with Crippen LogP contribution in [0.5, 0.6) is 0 Å². The highest BCUT2D eigenvalue weighted by Crippen LogP contribution is 2.66. The van der Waals surface area contributed by atoms with Crippen LogP contribution in [-0.4, -0.2) is 28.4 Å². The van der Waals surface area contributed by atoms with Gasteiger partial charge in [-0.05, 0) is 93.8 Å². The van der Waals surface area contributed by atoms with Gasteiger partial charge in [0, 0.05) is 0 Å².